The lowest BCUT2D eigenvalue weighted by Crippen LogP contribution is -2.59. The summed E-state index contributed by atoms with van der Waals surface area (Å²) in [5, 5.41) is 6.51. The van der Waals surface area contributed by atoms with Gasteiger partial charge in [0.1, 0.15) is 11.2 Å². The molecule has 0 N–H and O–H groups in total. The van der Waals surface area contributed by atoms with E-state index < -0.39 is 0 Å². The number of hydrogen-bond donors (Lipinski definition) is 0. The molecule has 5 heterocycles. The van der Waals surface area contributed by atoms with Crippen molar-refractivity contribution in [1.82, 2.24) is 4.57 Å². The number of benzene rings is 7. The Morgan fingerprint density at radius 1 is 0.556 bits per heavy atom. The van der Waals surface area contributed by atoms with Gasteiger partial charge in [-0.15, -0.1) is 11.3 Å². The molecule has 0 unspecified atom stereocenters. The summed E-state index contributed by atoms with van der Waals surface area (Å²) in [7, 11) is 0. The summed E-state index contributed by atoms with van der Waals surface area (Å²) >= 11 is 2.00. The summed E-state index contributed by atoms with van der Waals surface area (Å²) < 4.78 is 12.7. The van der Waals surface area contributed by atoms with Crippen molar-refractivity contribution in [3.05, 3.63) is 148 Å². The first-order valence-corrected chi connectivity index (χ1v) is 27.5. The van der Waals surface area contributed by atoms with E-state index in [0.29, 0.717) is 0 Å². The zero-order valence-electron chi connectivity index (χ0n) is 45.1. The minimum atomic E-state index is -0.272. The molecule has 0 spiro atoms. The third kappa shape index (κ3) is 5.75. The van der Waals surface area contributed by atoms with Gasteiger partial charge < -0.3 is 13.8 Å². The Labute approximate surface area is 430 Å². The van der Waals surface area contributed by atoms with Gasteiger partial charge in [-0.1, -0.05) is 152 Å². The molecule has 0 fully saturated rings. The summed E-state index contributed by atoms with van der Waals surface area (Å²) in [6.45, 7) is 35.7. The van der Waals surface area contributed by atoms with Crippen LogP contribution >= 0.6 is 11.3 Å². The first-order chi connectivity index (χ1) is 33.8. The normalized spacial score (nSPS) is 17.3. The minimum Gasteiger partial charge on any atom is -0.456 e. The molecule has 360 valence electrons. The Hall–Kier alpha value is -6.04. The molecule has 0 saturated heterocycles. The number of nitrogens with zero attached hydrogens (tertiary/aromatic N) is 2. The van der Waals surface area contributed by atoms with E-state index in [4.69, 9.17) is 4.42 Å². The highest BCUT2D eigenvalue weighted by molar-refractivity contribution is 7.32. The van der Waals surface area contributed by atoms with Crippen LogP contribution in [0.1, 0.15) is 156 Å². The van der Waals surface area contributed by atoms with Crippen LogP contribution in [-0.2, 0) is 32.5 Å². The average Bonchev–Trinajstić information content (AvgIpc) is 4.04. The summed E-state index contributed by atoms with van der Waals surface area (Å²) in [5.41, 5.74) is 24.8. The van der Waals surface area contributed by atoms with Gasteiger partial charge in [-0.05, 0) is 162 Å². The van der Waals surface area contributed by atoms with Crippen LogP contribution in [0.15, 0.2) is 114 Å². The average molecular weight is 959 g/mol. The van der Waals surface area contributed by atoms with Gasteiger partial charge in [0.05, 0.1) is 16.7 Å². The minimum absolute atomic E-state index is 0.0113. The van der Waals surface area contributed by atoms with Crippen molar-refractivity contribution in [2.24, 2.45) is 0 Å². The lowest BCUT2D eigenvalue weighted by atomic mass is 9.46. The number of anilines is 2. The first-order valence-electron chi connectivity index (χ1n) is 26.7. The van der Waals surface area contributed by atoms with Crippen molar-refractivity contribution in [2.75, 3.05) is 4.81 Å². The smallest absolute Gasteiger partial charge is 0.343 e. The topological polar surface area (TPSA) is 21.3 Å². The van der Waals surface area contributed by atoms with Crippen molar-refractivity contribution >= 4 is 93.6 Å². The molecule has 14 rings (SSSR count). The molecule has 2 aliphatic carbocycles. The Bertz CT molecular complexity index is 4070. The second-order valence-electron chi connectivity index (χ2n) is 27.2. The molecule has 72 heavy (non-hydrogen) atoms. The second-order valence-corrected chi connectivity index (χ2v) is 28.3. The highest BCUT2D eigenvalue weighted by atomic mass is 32.1. The molecule has 2 aliphatic heterocycles. The molecule has 0 amide bonds. The van der Waals surface area contributed by atoms with Crippen molar-refractivity contribution in [1.29, 1.82) is 0 Å². The zero-order chi connectivity index (χ0) is 50.3. The number of rotatable bonds is 1. The molecule has 3 aromatic heterocycles. The largest absolute Gasteiger partial charge is 0.456 e. The number of furan rings is 1. The Morgan fingerprint density at radius 2 is 1.15 bits per heavy atom. The van der Waals surface area contributed by atoms with E-state index in [0.717, 1.165) is 17.6 Å². The fourth-order valence-electron chi connectivity index (χ4n) is 14.0. The van der Waals surface area contributed by atoms with Crippen LogP contribution in [0.4, 0.5) is 11.4 Å². The van der Waals surface area contributed by atoms with Crippen LogP contribution in [0, 0.1) is 0 Å². The van der Waals surface area contributed by atoms with Gasteiger partial charge in [-0.3, -0.25) is 0 Å². The molecular formula is C67H67BN2OS. The maximum atomic E-state index is 7.24. The quantitative estimate of drug-likeness (QED) is 0.153. The Kier molecular flexibility index (Phi) is 8.54. The lowest BCUT2D eigenvalue weighted by Gasteiger charge is -2.42. The van der Waals surface area contributed by atoms with Crippen LogP contribution in [-0.4, -0.2) is 11.4 Å². The summed E-state index contributed by atoms with van der Waals surface area (Å²) in [6, 6.07) is 43.7. The van der Waals surface area contributed by atoms with E-state index >= 15 is 0 Å². The maximum Gasteiger partial charge on any atom is 0.343 e. The van der Waals surface area contributed by atoms with E-state index in [1.165, 1.54) is 138 Å². The molecule has 7 aromatic carbocycles. The van der Waals surface area contributed by atoms with E-state index in [1.54, 1.807) is 0 Å². The van der Waals surface area contributed by atoms with Gasteiger partial charge >= 0.3 is 6.85 Å². The van der Waals surface area contributed by atoms with Gasteiger partial charge in [0, 0.05) is 58.8 Å². The summed E-state index contributed by atoms with van der Waals surface area (Å²) in [5.74, 6) is 0. The fourth-order valence-corrected chi connectivity index (χ4v) is 15.3. The number of thiophene rings is 1. The van der Waals surface area contributed by atoms with Gasteiger partial charge in [-0.25, -0.2) is 0 Å². The molecule has 4 aliphatic rings. The van der Waals surface area contributed by atoms with Crippen molar-refractivity contribution < 1.29 is 4.42 Å². The van der Waals surface area contributed by atoms with Gasteiger partial charge in [-0.2, -0.15) is 0 Å². The van der Waals surface area contributed by atoms with E-state index in [-0.39, 0.29) is 39.3 Å². The summed E-state index contributed by atoms with van der Waals surface area (Å²) in [4.78, 5) is 2.76. The predicted octanol–water partition coefficient (Wildman–Crippen LogP) is 17.7. The third-order valence-electron chi connectivity index (χ3n) is 18.3. The SMILES string of the molecule is CC(C)(C)c1ccc(N2B3c4sc5ccc(C(C)(C)C)cc5c4-n4c5ccc(C(C)(C)C)cc5c5c6c(c(c3c54)-c3cc4oc5cc7c(cc5c4cc32)C(C)(C)CCC7(C)C)-c2ccccc2C6(C)C)cc1. The zero-order valence-corrected chi connectivity index (χ0v) is 45.9. The van der Waals surface area contributed by atoms with Gasteiger partial charge in [0.25, 0.3) is 0 Å². The van der Waals surface area contributed by atoms with Gasteiger partial charge in [0.2, 0.25) is 0 Å². The van der Waals surface area contributed by atoms with Crippen molar-refractivity contribution in [3.63, 3.8) is 0 Å². The molecule has 0 radical (unpaired) electrons. The van der Waals surface area contributed by atoms with Gasteiger partial charge in [0.15, 0.2) is 0 Å². The monoisotopic (exact) mass is 959 g/mol. The second kappa shape index (κ2) is 13.8. The summed E-state index contributed by atoms with van der Waals surface area (Å²) in [6.07, 6.45) is 2.33. The van der Waals surface area contributed by atoms with E-state index in [9.17, 15) is 0 Å². The van der Waals surface area contributed by atoms with E-state index in [1.807, 2.05) is 11.3 Å². The molecule has 5 heteroatoms. The molecule has 10 aromatic rings. The number of hydrogen-bond acceptors (Lipinski definition) is 3. The van der Waals surface area contributed by atoms with Crippen LogP contribution in [0.3, 0.4) is 0 Å². The van der Waals surface area contributed by atoms with Crippen molar-refractivity contribution in [2.45, 2.75) is 149 Å². The first kappa shape index (κ1) is 44.6. The van der Waals surface area contributed by atoms with Crippen LogP contribution in [0.5, 0.6) is 0 Å². The molecule has 3 nitrogen and oxygen atoms in total. The lowest BCUT2D eigenvalue weighted by molar-refractivity contribution is 0.332. The fraction of sp³-hybridized carbons (Fsp3) is 0.343. The highest BCUT2D eigenvalue weighted by Gasteiger charge is 2.51. The maximum absolute atomic E-state index is 7.24. The standard InChI is InChI=1S/C67H67BN2OS/c1-62(2,3)36-20-24-39(25-21-36)70-50-33-42-41-32-47-48(66(12,13)29-28-65(47,10)11)35-52(41)71-51(42)34-44(50)55-54-40-18-16-17-19-46(40)67(14,15)57(54)56-43-30-37(63(4,5)6)22-26-49(43)69-59-45-31-38(64(7,8)9)23-27-53(45)72-61(59)68(70)58(55)60(56)69/h16-27,30-35H,28-29H2,1-15H3. The van der Waals surface area contributed by atoms with Crippen LogP contribution in [0.25, 0.3) is 81.8 Å². The Balaban J connectivity index is 1.21. The predicted molar refractivity (Wildman–Crippen MR) is 311 cm³/mol. The Morgan fingerprint density at radius 3 is 1.83 bits per heavy atom. The molecule has 0 bridgehead atoms. The number of fused-ring (bicyclic) bond motifs is 19. The highest BCUT2D eigenvalue weighted by Crippen LogP contribution is 2.60. The molecular weight excluding hydrogens is 892 g/mol. The molecule has 0 saturated carbocycles. The molecule has 0 atom stereocenters. The van der Waals surface area contributed by atoms with Crippen molar-refractivity contribution in [3.8, 4) is 27.9 Å². The third-order valence-corrected chi connectivity index (χ3v) is 19.5. The van der Waals surface area contributed by atoms with E-state index in [2.05, 4.69) is 222 Å². The van der Waals surface area contributed by atoms with Crippen LogP contribution < -0.4 is 15.1 Å². The van der Waals surface area contributed by atoms with Crippen LogP contribution in [0.2, 0.25) is 0 Å². The number of aromatic nitrogens is 1.